The van der Waals surface area contributed by atoms with E-state index in [-0.39, 0.29) is 24.3 Å². The number of likely N-dealkylation sites (tertiary alicyclic amines) is 1. The predicted octanol–water partition coefficient (Wildman–Crippen LogP) is -2.21. The van der Waals surface area contributed by atoms with Gasteiger partial charge in [0.15, 0.2) is 5.96 Å². The molecule has 0 aromatic rings. The van der Waals surface area contributed by atoms with Crippen molar-refractivity contribution in [3.8, 4) is 0 Å². The molecule has 1 radical (unpaired) electrons. The van der Waals surface area contributed by atoms with E-state index in [1.54, 1.807) is 6.29 Å². The summed E-state index contributed by atoms with van der Waals surface area (Å²) in [5.74, 6) is -0.764. The lowest BCUT2D eigenvalue weighted by Crippen LogP contribution is -2.50. The van der Waals surface area contributed by atoms with Gasteiger partial charge in [-0.3, -0.25) is 19.8 Å². The SMILES string of the molecule is N=C(N)NCCC[C@@H]([C]=O)NC(=O)[C@@H]1CCCN1C(=O)CN. The van der Waals surface area contributed by atoms with Gasteiger partial charge in [-0.25, -0.2) is 0 Å². The number of nitrogens with zero attached hydrogens (tertiary/aromatic N) is 1. The van der Waals surface area contributed by atoms with Gasteiger partial charge in [0.1, 0.15) is 6.04 Å². The molecule has 0 aromatic carbocycles. The Morgan fingerprint density at radius 1 is 1.45 bits per heavy atom. The molecule has 0 aliphatic carbocycles. The maximum absolute atomic E-state index is 12.2. The normalized spacial score (nSPS) is 18.6. The van der Waals surface area contributed by atoms with E-state index in [1.807, 2.05) is 0 Å². The van der Waals surface area contributed by atoms with Gasteiger partial charge >= 0.3 is 0 Å². The van der Waals surface area contributed by atoms with Gasteiger partial charge in [0.25, 0.3) is 0 Å². The Morgan fingerprint density at radius 2 is 2.18 bits per heavy atom. The Hall–Kier alpha value is -2.16. The molecule has 1 heterocycles. The standard InChI is InChI=1S/C13H23N6O3/c14-7-11(21)19-6-2-4-10(19)12(22)18-9(8-20)3-1-5-17-13(15)16/h9-10H,1-7,14H2,(H,18,22)(H4,15,16,17)/t9-,10-/m0/s1. The molecule has 1 aliphatic rings. The number of carbonyl (C=O) groups excluding carboxylic acids is 3. The molecule has 1 fully saturated rings. The van der Waals surface area contributed by atoms with E-state index in [0.29, 0.717) is 32.4 Å². The molecular weight excluding hydrogens is 288 g/mol. The molecule has 1 aliphatic heterocycles. The molecule has 22 heavy (non-hydrogen) atoms. The fourth-order valence-electron chi connectivity index (χ4n) is 2.41. The van der Waals surface area contributed by atoms with Gasteiger partial charge in [0, 0.05) is 13.1 Å². The van der Waals surface area contributed by atoms with Crippen LogP contribution in [0.1, 0.15) is 25.7 Å². The number of nitrogens with one attached hydrogen (secondary N) is 3. The summed E-state index contributed by atoms with van der Waals surface area (Å²) in [5.41, 5.74) is 10.5. The second-order valence-corrected chi connectivity index (χ2v) is 5.11. The molecule has 0 saturated carbocycles. The van der Waals surface area contributed by atoms with Crippen molar-refractivity contribution in [2.75, 3.05) is 19.6 Å². The number of rotatable bonds is 8. The van der Waals surface area contributed by atoms with Crippen LogP contribution in [0.2, 0.25) is 0 Å². The van der Waals surface area contributed by atoms with E-state index in [9.17, 15) is 14.4 Å². The third-order valence-electron chi connectivity index (χ3n) is 3.49. The summed E-state index contributed by atoms with van der Waals surface area (Å²) >= 11 is 0. The second-order valence-electron chi connectivity index (χ2n) is 5.11. The first-order valence-electron chi connectivity index (χ1n) is 7.25. The Balaban J connectivity index is 2.45. The van der Waals surface area contributed by atoms with Gasteiger partial charge < -0.3 is 27.0 Å². The lowest BCUT2D eigenvalue weighted by Gasteiger charge is -2.24. The third kappa shape index (κ3) is 5.32. The van der Waals surface area contributed by atoms with Crippen LogP contribution >= 0.6 is 0 Å². The third-order valence-corrected chi connectivity index (χ3v) is 3.49. The van der Waals surface area contributed by atoms with Crippen molar-refractivity contribution in [3.63, 3.8) is 0 Å². The monoisotopic (exact) mass is 311 g/mol. The second kappa shape index (κ2) is 8.98. The minimum Gasteiger partial charge on any atom is -0.370 e. The van der Waals surface area contributed by atoms with Crippen LogP contribution in [0.4, 0.5) is 0 Å². The summed E-state index contributed by atoms with van der Waals surface area (Å²) in [6, 6.07) is -1.31. The molecule has 0 spiro atoms. The topological polar surface area (TPSA) is 154 Å². The molecule has 7 N–H and O–H groups in total. The minimum absolute atomic E-state index is 0.135. The molecule has 2 amide bonds. The molecule has 0 aromatic heterocycles. The average molecular weight is 311 g/mol. The lowest BCUT2D eigenvalue weighted by molar-refractivity contribution is -0.137. The maximum Gasteiger partial charge on any atom is 0.243 e. The number of guanidine groups is 1. The van der Waals surface area contributed by atoms with Gasteiger partial charge in [0.2, 0.25) is 18.1 Å². The van der Waals surface area contributed by atoms with Crippen LogP contribution in [0.15, 0.2) is 0 Å². The van der Waals surface area contributed by atoms with Crippen molar-refractivity contribution in [1.29, 1.82) is 5.41 Å². The smallest absolute Gasteiger partial charge is 0.243 e. The van der Waals surface area contributed by atoms with E-state index in [4.69, 9.17) is 16.9 Å². The highest BCUT2D eigenvalue weighted by Crippen LogP contribution is 2.17. The highest BCUT2D eigenvalue weighted by Gasteiger charge is 2.34. The summed E-state index contributed by atoms with van der Waals surface area (Å²) in [5, 5.41) is 12.2. The summed E-state index contributed by atoms with van der Waals surface area (Å²) in [4.78, 5) is 36.2. The van der Waals surface area contributed by atoms with Crippen LogP contribution in [0.25, 0.3) is 0 Å². The molecule has 2 atom stereocenters. The summed E-state index contributed by atoms with van der Waals surface area (Å²) < 4.78 is 0. The predicted molar refractivity (Wildman–Crippen MR) is 80.6 cm³/mol. The summed E-state index contributed by atoms with van der Waals surface area (Å²) in [6.45, 7) is 0.806. The molecular formula is C13H23N6O3. The van der Waals surface area contributed by atoms with Crippen LogP contribution in [-0.4, -0.2) is 60.7 Å². The number of nitrogens with two attached hydrogens (primary N) is 2. The number of hydrogen-bond donors (Lipinski definition) is 5. The fraction of sp³-hybridized carbons (Fsp3) is 0.692. The van der Waals surface area contributed by atoms with Gasteiger partial charge in [-0.15, -0.1) is 0 Å². The number of carbonyl (C=O) groups is 2. The fourth-order valence-corrected chi connectivity index (χ4v) is 2.41. The van der Waals surface area contributed by atoms with E-state index >= 15 is 0 Å². The van der Waals surface area contributed by atoms with Gasteiger partial charge in [-0.05, 0) is 25.7 Å². The molecule has 1 rings (SSSR count). The highest BCUT2D eigenvalue weighted by molar-refractivity contribution is 5.90. The lowest BCUT2D eigenvalue weighted by atomic mass is 10.1. The van der Waals surface area contributed by atoms with Crippen LogP contribution in [-0.2, 0) is 14.4 Å². The molecule has 9 heteroatoms. The summed E-state index contributed by atoms with van der Waals surface area (Å²) in [7, 11) is 0. The first-order valence-corrected chi connectivity index (χ1v) is 7.25. The highest BCUT2D eigenvalue weighted by atomic mass is 16.2. The quantitative estimate of drug-likeness (QED) is 0.194. The zero-order valence-electron chi connectivity index (χ0n) is 12.4. The van der Waals surface area contributed by atoms with Crippen molar-refractivity contribution in [3.05, 3.63) is 0 Å². The Morgan fingerprint density at radius 3 is 2.77 bits per heavy atom. The van der Waals surface area contributed by atoms with E-state index in [1.165, 1.54) is 4.90 Å². The van der Waals surface area contributed by atoms with E-state index in [2.05, 4.69) is 10.6 Å². The number of hydrogen-bond acceptors (Lipinski definition) is 5. The van der Waals surface area contributed by atoms with E-state index in [0.717, 1.165) is 6.42 Å². The molecule has 1 saturated heterocycles. The molecule has 0 bridgehead atoms. The Bertz CT molecular complexity index is 428. The minimum atomic E-state index is -0.739. The molecule has 0 unspecified atom stereocenters. The van der Waals surface area contributed by atoms with Crippen molar-refractivity contribution in [2.45, 2.75) is 37.8 Å². The first-order chi connectivity index (χ1) is 10.5. The van der Waals surface area contributed by atoms with E-state index < -0.39 is 12.1 Å². The molecule has 123 valence electrons. The first kappa shape index (κ1) is 17.9. The van der Waals surface area contributed by atoms with Gasteiger partial charge in [0.05, 0.1) is 12.6 Å². The Kier molecular flexibility index (Phi) is 7.30. The largest absolute Gasteiger partial charge is 0.370 e. The van der Waals surface area contributed by atoms with Crippen LogP contribution in [0, 0.1) is 5.41 Å². The van der Waals surface area contributed by atoms with Crippen LogP contribution in [0.3, 0.4) is 0 Å². The van der Waals surface area contributed by atoms with Gasteiger partial charge in [-0.2, -0.15) is 0 Å². The summed E-state index contributed by atoms with van der Waals surface area (Å²) in [6.07, 6.45) is 4.02. The maximum atomic E-state index is 12.2. The van der Waals surface area contributed by atoms with Crippen molar-refractivity contribution in [1.82, 2.24) is 15.5 Å². The van der Waals surface area contributed by atoms with Gasteiger partial charge in [-0.1, -0.05) is 0 Å². The van der Waals surface area contributed by atoms with Crippen molar-refractivity contribution in [2.24, 2.45) is 11.5 Å². The Labute approximate surface area is 129 Å². The van der Waals surface area contributed by atoms with Crippen molar-refractivity contribution >= 4 is 24.1 Å². The van der Waals surface area contributed by atoms with Crippen molar-refractivity contribution < 1.29 is 14.4 Å². The number of amides is 2. The molecule has 9 nitrogen and oxygen atoms in total. The zero-order chi connectivity index (χ0) is 16.5. The van der Waals surface area contributed by atoms with Crippen LogP contribution < -0.4 is 22.1 Å². The average Bonchev–Trinajstić information content (AvgIpc) is 2.98. The van der Waals surface area contributed by atoms with Crippen LogP contribution in [0.5, 0.6) is 0 Å². The zero-order valence-corrected chi connectivity index (χ0v) is 12.4.